The van der Waals surface area contributed by atoms with Gasteiger partial charge in [0.05, 0.1) is 7.11 Å². The third-order valence-electron chi connectivity index (χ3n) is 1.01. The molecule has 0 radical (unpaired) electrons. The lowest BCUT2D eigenvalue weighted by Gasteiger charge is -2.11. The highest BCUT2D eigenvalue weighted by Gasteiger charge is 2.49. The molecule has 0 aliphatic heterocycles. The summed E-state index contributed by atoms with van der Waals surface area (Å²) in [6.45, 7) is 0.272. The van der Waals surface area contributed by atoms with Crippen LogP contribution in [0.4, 0.5) is 8.28 Å². The maximum absolute atomic E-state index is 12.6. The molecule has 0 aliphatic rings. The number of ether oxygens (including phenoxy) is 1. The molecule has 7 heteroatoms. The Morgan fingerprint density at radius 3 is 2.00 bits per heavy atom. The second-order valence-corrected chi connectivity index (χ2v) is 3.49. The number of alkyl halides is 1. The van der Waals surface area contributed by atoms with Gasteiger partial charge in [-0.05, 0) is 6.92 Å². The van der Waals surface area contributed by atoms with Crippen molar-refractivity contribution >= 4 is 16.2 Å². The first-order chi connectivity index (χ1) is 4.73. The summed E-state index contributed by atoms with van der Waals surface area (Å²) in [5.74, 6) is -1.78. The van der Waals surface area contributed by atoms with E-state index in [1.54, 1.807) is 0 Å². The summed E-state index contributed by atoms with van der Waals surface area (Å²) in [5.41, 5.74) is 0. The zero-order valence-electron chi connectivity index (χ0n) is 5.80. The fourth-order valence-corrected chi connectivity index (χ4v) is 0.564. The SMILES string of the molecule is COC(=O)C(C)(F)S(=O)(=O)F. The van der Waals surface area contributed by atoms with Crippen LogP contribution in [0.1, 0.15) is 6.92 Å². The van der Waals surface area contributed by atoms with E-state index < -0.39 is 21.2 Å². The van der Waals surface area contributed by atoms with Crippen LogP contribution in [-0.2, 0) is 19.8 Å². The van der Waals surface area contributed by atoms with Gasteiger partial charge in [-0.3, -0.25) is 0 Å². The van der Waals surface area contributed by atoms with Gasteiger partial charge in [0.2, 0.25) is 0 Å². The molecule has 0 aromatic heterocycles. The maximum Gasteiger partial charge on any atom is 0.362 e. The summed E-state index contributed by atoms with van der Waals surface area (Å²) in [5, 5.41) is -3.61. The first-order valence-electron chi connectivity index (χ1n) is 2.45. The number of rotatable bonds is 2. The Morgan fingerprint density at radius 2 is 1.91 bits per heavy atom. The number of esters is 1. The molecule has 0 aliphatic carbocycles. The van der Waals surface area contributed by atoms with E-state index in [-0.39, 0.29) is 6.92 Å². The molecule has 0 saturated carbocycles. The second-order valence-electron chi connectivity index (χ2n) is 1.85. The van der Waals surface area contributed by atoms with Crippen LogP contribution in [0.15, 0.2) is 0 Å². The van der Waals surface area contributed by atoms with Crippen LogP contribution < -0.4 is 0 Å². The Labute approximate surface area is 62.4 Å². The molecule has 0 bridgehead atoms. The Kier molecular flexibility index (Phi) is 2.55. The summed E-state index contributed by atoms with van der Waals surface area (Å²) < 4.78 is 48.0. The summed E-state index contributed by atoms with van der Waals surface area (Å²) >= 11 is 0. The van der Waals surface area contributed by atoms with Crippen molar-refractivity contribution in [3.8, 4) is 0 Å². The van der Waals surface area contributed by atoms with Crippen molar-refractivity contribution in [1.82, 2.24) is 0 Å². The number of hydrogen-bond acceptors (Lipinski definition) is 4. The highest BCUT2D eigenvalue weighted by Crippen LogP contribution is 2.21. The van der Waals surface area contributed by atoms with Gasteiger partial charge < -0.3 is 4.74 Å². The Bertz CT molecular complexity index is 255. The summed E-state index contributed by atoms with van der Waals surface area (Å²) in [6, 6.07) is 0. The topological polar surface area (TPSA) is 60.4 Å². The zero-order chi connectivity index (χ0) is 9.28. The van der Waals surface area contributed by atoms with Gasteiger partial charge in [0, 0.05) is 0 Å². The molecule has 0 spiro atoms. The van der Waals surface area contributed by atoms with Gasteiger partial charge in [-0.1, -0.05) is 0 Å². The van der Waals surface area contributed by atoms with Crippen molar-refractivity contribution in [2.75, 3.05) is 7.11 Å². The van der Waals surface area contributed by atoms with E-state index in [1.165, 1.54) is 0 Å². The number of hydrogen-bond donors (Lipinski definition) is 0. The number of carbonyl (C=O) groups excluding carboxylic acids is 1. The Morgan fingerprint density at radius 1 is 1.55 bits per heavy atom. The molecule has 0 aromatic carbocycles. The first-order valence-corrected chi connectivity index (χ1v) is 3.83. The molecule has 0 amide bonds. The van der Waals surface area contributed by atoms with Crippen LogP contribution >= 0.6 is 0 Å². The lowest BCUT2D eigenvalue weighted by Crippen LogP contribution is -2.37. The van der Waals surface area contributed by atoms with Gasteiger partial charge in [-0.15, -0.1) is 3.89 Å². The predicted octanol–water partition coefficient (Wildman–Crippen LogP) is 0.144. The monoisotopic (exact) mass is 188 g/mol. The lowest BCUT2D eigenvalue weighted by molar-refractivity contribution is -0.148. The molecule has 11 heavy (non-hydrogen) atoms. The number of methoxy groups -OCH3 is 1. The molecule has 66 valence electrons. The Balaban J connectivity index is 4.90. The fourth-order valence-electron chi connectivity index (χ4n) is 0.282. The van der Waals surface area contributed by atoms with Crippen molar-refractivity contribution < 1.29 is 26.2 Å². The van der Waals surface area contributed by atoms with Crippen molar-refractivity contribution in [3.05, 3.63) is 0 Å². The largest absolute Gasteiger partial charge is 0.466 e. The van der Waals surface area contributed by atoms with Gasteiger partial charge in [0.25, 0.3) is 0 Å². The van der Waals surface area contributed by atoms with Gasteiger partial charge in [0.1, 0.15) is 0 Å². The van der Waals surface area contributed by atoms with E-state index in [1.807, 2.05) is 0 Å². The first kappa shape index (κ1) is 10.3. The van der Waals surface area contributed by atoms with Crippen LogP contribution in [0, 0.1) is 0 Å². The summed E-state index contributed by atoms with van der Waals surface area (Å²) in [7, 11) is -4.80. The molecule has 1 atom stereocenters. The van der Waals surface area contributed by atoms with Crippen LogP contribution in [-0.4, -0.2) is 26.5 Å². The molecular weight excluding hydrogens is 182 g/mol. The van der Waals surface area contributed by atoms with Crippen molar-refractivity contribution in [2.24, 2.45) is 0 Å². The van der Waals surface area contributed by atoms with Crippen LogP contribution in [0.2, 0.25) is 0 Å². The summed E-state index contributed by atoms with van der Waals surface area (Å²) in [6.07, 6.45) is 0. The molecule has 0 aromatic rings. The van der Waals surface area contributed by atoms with Crippen LogP contribution in [0.3, 0.4) is 0 Å². The van der Waals surface area contributed by atoms with Gasteiger partial charge >= 0.3 is 21.2 Å². The molecule has 0 fully saturated rings. The molecular formula is C4H6F2O4S. The lowest BCUT2D eigenvalue weighted by atomic mass is 10.4. The molecule has 0 N–H and O–H groups in total. The summed E-state index contributed by atoms with van der Waals surface area (Å²) in [4.78, 5) is 10.3. The molecule has 0 rings (SSSR count). The van der Waals surface area contributed by atoms with Crippen LogP contribution in [0.5, 0.6) is 0 Å². The van der Waals surface area contributed by atoms with Gasteiger partial charge in [-0.2, -0.15) is 8.42 Å². The highest BCUT2D eigenvalue weighted by atomic mass is 32.3. The fraction of sp³-hybridized carbons (Fsp3) is 0.750. The van der Waals surface area contributed by atoms with E-state index in [9.17, 15) is 21.5 Å². The second kappa shape index (κ2) is 2.72. The van der Waals surface area contributed by atoms with Crippen molar-refractivity contribution in [1.29, 1.82) is 0 Å². The normalized spacial score (nSPS) is 17.1. The quantitative estimate of drug-likeness (QED) is 0.457. The minimum absolute atomic E-state index is 0.272. The van der Waals surface area contributed by atoms with Crippen LogP contribution in [0.25, 0.3) is 0 Å². The van der Waals surface area contributed by atoms with E-state index in [2.05, 4.69) is 4.74 Å². The van der Waals surface area contributed by atoms with Crippen molar-refractivity contribution in [3.63, 3.8) is 0 Å². The third-order valence-corrected chi connectivity index (χ3v) is 2.09. The minimum atomic E-state index is -5.55. The molecule has 0 saturated heterocycles. The number of halogens is 2. The van der Waals surface area contributed by atoms with E-state index >= 15 is 0 Å². The average Bonchev–Trinajstić information content (AvgIpc) is 1.83. The smallest absolute Gasteiger partial charge is 0.362 e. The average molecular weight is 188 g/mol. The third kappa shape index (κ3) is 1.86. The maximum atomic E-state index is 12.6. The van der Waals surface area contributed by atoms with E-state index in [0.717, 1.165) is 7.11 Å². The number of carbonyl (C=O) groups is 1. The van der Waals surface area contributed by atoms with E-state index in [0.29, 0.717) is 0 Å². The zero-order valence-corrected chi connectivity index (χ0v) is 6.61. The van der Waals surface area contributed by atoms with Gasteiger partial charge in [-0.25, -0.2) is 9.18 Å². The Hall–Kier alpha value is -0.720. The predicted molar refractivity (Wildman–Crippen MR) is 31.6 cm³/mol. The van der Waals surface area contributed by atoms with Crippen molar-refractivity contribution in [2.45, 2.75) is 11.9 Å². The standard InChI is InChI=1S/C4H6F2O4S/c1-4(5,3(7)10-2)11(6,8)9/h1-2H3. The van der Waals surface area contributed by atoms with E-state index in [4.69, 9.17) is 0 Å². The molecule has 1 unspecified atom stereocenters. The molecule has 4 nitrogen and oxygen atoms in total. The molecule has 0 heterocycles. The highest BCUT2D eigenvalue weighted by molar-refractivity contribution is 7.88. The minimum Gasteiger partial charge on any atom is -0.466 e. The van der Waals surface area contributed by atoms with Gasteiger partial charge in [0.15, 0.2) is 0 Å².